The SMILES string of the molecule is C=N/C=C1/CCN(c2cnc3c(c2C)NCCO3)C/C1=N/CNc1ccc(CSC)c(F)c1. The standard InChI is InChI=1S/C24H29FN6OS/c1-16-22(12-28-24-23(16)27-7-9-32-24)31-8-6-17(11-26-2)21(13-31)30-15-29-19-5-4-18(14-33-3)20(25)10-19/h4-5,10-12,27,29H,2,6-9,13-15H2,1,3H3/b17-11-,30-21-. The number of benzene rings is 1. The highest BCUT2D eigenvalue weighted by molar-refractivity contribution is 7.97. The Morgan fingerprint density at radius 2 is 2.30 bits per heavy atom. The van der Waals surface area contributed by atoms with Gasteiger partial charge >= 0.3 is 0 Å². The molecule has 0 atom stereocenters. The van der Waals surface area contributed by atoms with Crippen LogP contribution in [0.15, 0.2) is 46.2 Å². The molecule has 1 aromatic heterocycles. The van der Waals surface area contributed by atoms with Crippen molar-refractivity contribution in [1.82, 2.24) is 4.98 Å². The molecule has 0 amide bonds. The lowest BCUT2D eigenvalue weighted by Crippen LogP contribution is -2.38. The molecule has 0 bridgehead atoms. The largest absolute Gasteiger partial charge is 0.474 e. The van der Waals surface area contributed by atoms with Gasteiger partial charge in [-0.15, -0.1) is 0 Å². The maximum Gasteiger partial charge on any atom is 0.237 e. The van der Waals surface area contributed by atoms with Crippen LogP contribution in [0.1, 0.15) is 17.5 Å². The molecule has 0 aliphatic carbocycles. The quantitative estimate of drug-likeness (QED) is 0.583. The van der Waals surface area contributed by atoms with Crippen LogP contribution >= 0.6 is 11.8 Å². The lowest BCUT2D eigenvalue weighted by Gasteiger charge is -2.33. The summed E-state index contributed by atoms with van der Waals surface area (Å²) in [5, 5.41) is 6.60. The van der Waals surface area contributed by atoms with Crippen molar-refractivity contribution < 1.29 is 9.13 Å². The zero-order valence-corrected chi connectivity index (χ0v) is 19.8. The molecule has 0 saturated carbocycles. The van der Waals surface area contributed by atoms with E-state index in [1.165, 1.54) is 6.07 Å². The minimum atomic E-state index is -0.199. The van der Waals surface area contributed by atoms with Crippen molar-refractivity contribution in [2.45, 2.75) is 19.1 Å². The number of hydrogen-bond acceptors (Lipinski definition) is 8. The normalized spacial score (nSPS) is 18.0. The fourth-order valence-electron chi connectivity index (χ4n) is 4.05. The maximum absolute atomic E-state index is 14.2. The third kappa shape index (κ3) is 5.30. The van der Waals surface area contributed by atoms with Crippen LogP contribution in [0, 0.1) is 12.7 Å². The lowest BCUT2D eigenvalue weighted by molar-refractivity contribution is 0.310. The van der Waals surface area contributed by atoms with E-state index in [1.54, 1.807) is 18.0 Å². The summed E-state index contributed by atoms with van der Waals surface area (Å²) in [4.78, 5) is 15.5. The predicted molar refractivity (Wildman–Crippen MR) is 137 cm³/mol. The Morgan fingerprint density at radius 1 is 1.42 bits per heavy atom. The van der Waals surface area contributed by atoms with Gasteiger partial charge in [-0.1, -0.05) is 6.07 Å². The van der Waals surface area contributed by atoms with E-state index in [0.717, 1.165) is 47.7 Å². The average Bonchev–Trinajstić information content (AvgIpc) is 2.82. The summed E-state index contributed by atoms with van der Waals surface area (Å²) in [7, 11) is 0. The van der Waals surface area contributed by atoms with E-state index in [9.17, 15) is 4.39 Å². The molecule has 33 heavy (non-hydrogen) atoms. The first kappa shape index (κ1) is 23.1. The van der Waals surface area contributed by atoms with E-state index < -0.39 is 0 Å². The van der Waals surface area contributed by atoms with Gasteiger partial charge < -0.3 is 20.3 Å². The first-order valence-electron chi connectivity index (χ1n) is 10.9. The van der Waals surface area contributed by atoms with Crippen LogP contribution in [-0.4, -0.2) is 56.6 Å². The van der Waals surface area contributed by atoms with Crippen molar-refractivity contribution in [3.8, 4) is 5.88 Å². The third-order valence-electron chi connectivity index (χ3n) is 5.78. The zero-order valence-electron chi connectivity index (χ0n) is 19.0. The van der Waals surface area contributed by atoms with Gasteiger partial charge in [-0.2, -0.15) is 11.8 Å². The monoisotopic (exact) mass is 468 g/mol. The Morgan fingerprint density at radius 3 is 3.09 bits per heavy atom. The van der Waals surface area contributed by atoms with Crippen molar-refractivity contribution >= 4 is 41.3 Å². The van der Waals surface area contributed by atoms with Crippen molar-refractivity contribution in [3.63, 3.8) is 0 Å². The number of aromatic nitrogens is 1. The molecule has 0 radical (unpaired) electrons. The highest BCUT2D eigenvalue weighted by atomic mass is 32.2. The smallest absolute Gasteiger partial charge is 0.237 e. The fraction of sp³-hybridized carbons (Fsp3) is 0.375. The molecule has 2 N–H and O–H groups in total. The summed E-state index contributed by atoms with van der Waals surface area (Å²) in [6.07, 6.45) is 6.41. The Kier molecular flexibility index (Phi) is 7.49. The van der Waals surface area contributed by atoms with Gasteiger partial charge in [-0.3, -0.25) is 9.98 Å². The molecular weight excluding hydrogens is 439 g/mol. The molecule has 1 aromatic carbocycles. The fourth-order valence-corrected chi connectivity index (χ4v) is 4.60. The van der Waals surface area contributed by atoms with Gasteiger partial charge in [0.05, 0.1) is 24.1 Å². The maximum atomic E-state index is 14.2. The van der Waals surface area contributed by atoms with Crippen LogP contribution in [0.5, 0.6) is 5.88 Å². The molecule has 1 saturated heterocycles. The lowest BCUT2D eigenvalue weighted by atomic mass is 10.0. The average molecular weight is 469 g/mol. The summed E-state index contributed by atoms with van der Waals surface area (Å²) in [6.45, 7) is 8.89. The first-order valence-corrected chi connectivity index (χ1v) is 12.3. The van der Waals surface area contributed by atoms with Crippen molar-refractivity contribution in [3.05, 3.63) is 53.1 Å². The number of nitrogens with zero attached hydrogens (tertiary/aromatic N) is 4. The van der Waals surface area contributed by atoms with E-state index in [2.05, 4.69) is 39.2 Å². The Labute approximate surface area is 198 Å². The van der Waals surface area contributed by atoms with E-state index in [1.807, 2.05) is 24.6 Å². The van der Waals surface area contributed by atoms with Gasteiger partial charge in [-0.05, 0) is 49.6 Å². The van der Waals surface area contributed by atoms with E-state index in [0.29, 0.717) is 42.7 Å². The van der Waals surface area contributed by atoms with Crippen LogP contribution in [0.2, 0.25) is 0 Å². The van der Waals surface area contributed by atoms with E-state index >= 15 is 0 Å². The molecular formula is C24H29FN6OS. The van der Waals surface area contributed by atoms with Crippen LogP contribution in [-0.2, 0) is 5.75 Å². The second kappa shape index (κ2) is 10.7. The summed E-state index contributed by atoms with van der Waals surface area (Å²) in [6, 6.07) is 5.24. The molecule has 3 heterocycles. The topological polar surface area (TPSA) is 74.1 Å². The summed E-state index contributed by atoms with van der Waals surface area (Å²) in [5.74, 6) is 1.12. The Balaban J connectivity index is 1.50. The number of thioether (sulfide) groups is 1. The minimum Gasteiger partial charge on any atom is -0.474 e. The summed E-state index contributed by atoms with van der Waals surface area (Å²) in [5.41, 5.74) is 6.55. The molecule has 4 rings (SSSR count). The molecule has 2 aromatic rings. The Hall–Kier alpha value is -3.07. The van der Waals surface area contributed by atoms with Gasteiger partial charge in [0.25, 0.3) is 0 Å². The minimum absolute atomic E-state index is 0.199. The third-order valence-corrected chi connectivity index (χ3v) is 6.38. The van der Waals surface area contributed by atoms with Gasteiger partial charge in [0, 0.05) is 36.3 Å². The van der Waals surface area contributed by atoms with Gasteiger partial charge in [-0.25, -0.2) is 9.37 Å². The van der Waals surface area contributed by atoms with Crippen LogP contribution < -0.4 is 20.3 Å². The number of piperidine rings is 1. The van der Waals surface area contributed by atoms with Crippen molar-refractivity contribution in [1.29, 1.82) is 0 Å². The van der Waals surface area contributed by atoms with Gasteiger partial charge in [0.1, 0.15) is 24.8 Å². The van der Waals surface area contributed by atoms with Crippen molar-refractivity contribution in [2.24, 2.45) is 9.98 Å². The molecule has 2 aliphatic heterocycles. The number of pyridine rings is 1. The molecule has 0 spiro atoms. The second-order valence-corrected chi connectivity index (χ2v) is 8.78. The molecule has 2 aliphatic rings. The van der Waals surface area contributed by atoms with Gasteiger partial charge in [0.2, 0.25) is 5.88 Å². The van der Waals surface area contributed by atoms with Crippen LogP contribution in [0.4, 0.5) is 21.5 Å². The van der Waals surface area contributed by atoms with E-state index in [4.69, 9.17) is 9.73 Å². The number of rotatable bonds is 7. The highest BCUT2D eigenvalue weighted by Crippen LogP contribution is 2.35. The summed E-state index contributed by atoms with van der Waals surface area (Å²) < 4.78 is 19.9. The zero-order chi connectivity index (χ0) is 23.2. The first-order chi connectivity index (χ1) is 16.1. The second-order valence-electron chi connectivity index (χ2n) is 7.91. The molecule has 1 fully saturated rings. The Bertz CT molecular complexity index is 1090. The number of ether oxygens (including phenoxy) is 1. The predicted octanol–water partition coefficient (Wildman–Crippen LogP) is 4.50. The number of anilines is 3. The molecule has 0 unspecified atom stereocenters. The number of fused-ring (bicyclic) bond motifs is 1. The van der Waals surface area contributed by atoms with Crippen molar-refractivity contribution in [2.75, 3.05) is 54.7 Å². The highest BCUT2D eigenvalue weighted by Gasteiger charge is 2.24. The molecule has 9 heteroatoms. The number of hydrogen-bond donors (Lipinski definition) is 2. The summed E-state index contributed by atoms with van der Waals surface area (Å²) >= 11 is 1.60. The molecule has 7 nitrogen and oxygen atoms in total. The van der Waals surface area contributed by atoms with E-state index in [-0.39, 0.29) is 5.82 Å². The number of aliphatic imine (C=N–C) groups is 2. The molecule has 174 valence electrons. The van der Waals surface area contributed by atoms with Crippen LogP contribution in [0.3, 0.4) is 0 Å². The number of halogens is 1. The number of nitrogens with one attached hydrogen (secondary N) is 2. The van der Waals surface area contributed by atoms with Gasteiger partial charge in [0.15, 0.2) is 0 Å². The van der Waals surface area contributed by atoms with Crippen LogP contribution in [0.25, 0.3) is 0 Å².